The van der Waals surface area contributed by atoms with Crippen molar-refractivity contribution in [2.24, 2.45) is 0 Å². The van der Waals surface area contributed by atoms with Gasteiger partial charge in [0.25, 0.3) is 5.91 Å². The predicted octanol–water partition coefficient (Wildman–Crippen LogP) is 4.25. The van der Waals surface area contributed by atoms with Crippen LogP contribution in [0.15, 0.2) is 60.8 Å². The molecule has 0 bridgehead atoms. The number of benzene rings is 2. The molecule has 7 heteroatoms. The SMILES string of the molecule is CCOc1ccccc1NC(=O)c1cc(Nc2ccc3c(c2)OCCO3)ccn1. The lowest BCUT2D eigenvalue weighted by Crippen LogP contribution is -2.15. The molecule has 7 nitrogen and oxygen atoms in total. The van der Waals surface area contributed by atoms with E-state index in [1.165, 1.54) is 0 Å². The van der Waals surface area contributed by atoms with Gasteiger partial charge in [0, 0.05) is 23.6 Å². The van der Waals surface area contributed by atoms with Gasteiger partial charge in [0.15, 0.2) is 11.5 Å². The summed E-state index contributed by atoms with van der Waals surface area (Å²) >= 11 is 0. The van der Waals surface area contributed by atoms with E-state index in [1.807, 2.05) is 43.3 Å². The van der Waals surface area contributed by atoms with Crippen molar-refractivity contribution < 1.29 is 19.0 Å². The lowest BCUT2D eigenvalue weighted by atomic mass is 10.2. The predicted molar refractivity (Wildman–Crippen MR) is 111 cm³/mol. The summed E-state index contributed by atoms with van der Waals surface area (Å²) in [6, 6.07) is 16.4. The number of nitrogens with zero attached hydrogens (tertiary/aromatic N) is 1. The van der Waals surface area contributed by atoms with Crippen LogP contribution in [-0.4, -0.2) is 30.7 Å². The first-order chi connectivity index (χ1) is 14.2. The average Bonchev–Trinajstić information content (AvgIpc) is 2.75. The zero-order valence-corrected chi connectivity index (χ0v) is 16.0. The first-order valence-electron chi connectivity index (χ1n) is 9.39. The molecule has 2 aromatic carbocycles. The van der Waals surface area contributed by atoms with E-state index in [1.54, 1.807) is 24.4 Å². The van der Waals surface area contributed by atoms with Gasteiger partial charge in [-0.2, -0.15) is 0 Å². The lowest BCUT2D eigenvalue weighted by Gasteiger charge is -2.19. The van der Waals surface area contributed by atoms with Gasteiger partial charge in [-0.25, -0.2) is 0 Å². The van der Waals surface area contributed by atoms with Crippen LogP contribution in [0.3, 0.4) is 0 Å². The van der Waals surface area contributed by atoms with E-state index in [2.05, 4.69) is 15.6 Å². The molecule has 2 N–H and O–H groups in total. The number of carbonyl (C=O) groups is 1. The highest BCUT2D eigenvalue weighted by Gasteiger charge is 2.14. The van der Waals surface area contributed by atoms with Crippen molar-refractivity contribution in [1.29, 1.82) is 0 Å². The largest absolute Gasteiger partial charge is 0.492 e. The molecule has 0 saturated heterocycles. The Morgan fingerprint density at radius 2 is 1.83 bits per heavy atom. The van der Waals surface area contributed by atoms with Crippen LogP contribution in [0.2, 0.25) is 0 Å². The Hall–Kier alpha value is -3.74. The lowest BCUT2D eigenvalue weighted by molar-refractivity contribution is 0.102. The Bertz CT molecular complexity index is 1020. The van der Waals surface area contributed by atoms with Gasteiger partial charge < -0.3 is 24.8 Å². The molecule has 0 saturated carbocycles. The first kappa shape index (κ1) is 18.6. The smallest absolute Gasteiger partial charge is 0.274 e. The quantitative estimate of drug-likeness (QED) is 0.654. The van der Waals surface area contributed by atoms with Crippen molar-refractivity contribution in [3.8, 4) is 17.2 Å². The first-order valence-corrected chi connectivity index (χ1v) is 9.39. The third-order valence-electron chi connectivity index (χ3n) is 4.26. The van der Waals surface area contributed by atoms with Crippen LogP contribution in [0.4, 0.5) is 17.1 Å². The summed E-state index contributed by atoms with van der Waals surface area (Å²) in [5.41, 5.74) is 2.46. The Kier molecular flexibility index (Phi) is 5.47. The molecule has 1 amide bonds. The Labute approximate surface area is 168 Å². The van der Waals surface area contributed by atoms with Crippen molar-refractivity contribution in [3.63, 3.8) is 0 Å². The zero-order chi connectivity index (χ0) is 20.1. The van der Waals surface area contributed by atoms with E-state index in [-0.39, 0.29) is 5.91 Å². The third kappa shape index (κ3) is 4.40. The Balaban J connectivity index is 1.49. The molecule has 0 unspecified atom stereocenters. The van der Waals surface area contributed by atoms with Gasteiger partial charge in [0.1, 0.15) is 24.7 Å². The topological polar surface area (TPSA) is 81.7 Å². The summed E-state index contributed by atoms with van der Waals surface area (Å²) in [4.78, 5) is 16.9. The van der Waals surface area contributed by atoms with Gasteiger partial charge in [0.2, 0.25) is 0 Å². The van der Waals surface area contributed by atoms with Crippen molar-refractivity contribution in [2.75, 3.05) is 30.5 Å². The minimum atomic E-state index is -0.317. The third-order valence-corrected chi connectivity index (χ3v) is 4.26. The second kappa shape index (κ2) is 8.52. The van der Waals surface area contributed by atoms with Gasteiger partial charge in [0.05, 0.1) is 12.3 Å². The van der Waals surface area contributed by atoms with E-state index >= 15 is 0 Å². The van der Waals surface area contributed by atoms with Crippen LogP contribution in [0.5, 0.6) is 17.2 Å². The molecule has 0 aliphatic carbocycles. The van der Waals surface area contributed by atoms with Crippen LogP contribution < -0.4 is 24.8 Å². The highest BCUT2D eigenvalue weighted by atomic mass is 16.6. The number of aromatic nitrogens is 1. The maximum absolute atomic E-state index is 12.7. The molecule has 0 atom stereocenters. The van der Waals surface area contributed by atoms with Crippen molar-refractivity contribution in [1.82, 2.24) is 4.98 Å². The summed E-state index contributed by atoms with van der Waals surface area (Å²) in [6.07, 6.45) is 1.59. The molecular formula is C22H21N3O4. The van der Waals surface area contributed by atoms with Crippen LogP contribution in [-0.2, 0) is 0 Å². The molecule has 1 aliphatic heterocycles. The van der Waals surface area contributed by atoms with Crippen LogP contribution in [0, 0.1) is 0 Å². The number of amides is 1. The van der Waals surface area contributed by atoms with Crippen LogP contribution >= 0.6 is 0 Å². The Morgan fingerprint density at radius 1 is 1.03 bits per heavy atom. The highest BCUT2D eigenvalue weighted by molar-refractivity contribution is 6.04. The highest BCUT2D eigenvalue weighted by Crippen LogP contribution is 2.33. The summed E-state index contributed by atoms with van der Waals surface area (Å²) in [7, 11) is 0. The molecule has 2 heterocycles. The normalized spacial score (nSPS) is 12.2. The number of hydrogen-bond donors (Lipinski definition) is 2. The molecule has 3 aromatic rings. The standard InChI is InChI=1S/C22H21N3O4/c1-2-27-19-6-4-3-5-17(19)25-22(26)18-13-16(9-10-23-18)24-15-7-8-20-21(14-15)29-12-11-28-20/h3-10,13-14H,2,11-12H2,1H3,(H,23,24)(H,25,26). The minimum absolute atomic E-state index is 0.291. The summed E-state index contributed by atoms with van der Waals surface area (Å²) in [6.45, 7) is 3.49. The number of anilines is 3. The second-order valence-electron chi connectivity index (χ2n) is 6.30. The molecule has 29 heavy (non-hydrogen) atoms. The molecule has 0 radical (unpaired) electrons. The summed E-state index contributed by atoms with van der Waals surface area (Å²) < 4.78 is 16.7. The molecule has 0 spiro atoms. The number of ether oxygens (including phenoxy) is 3. The fraction of sp³-hybridized carbons (Fsp3) is 0.182. The maximum atomic E-state index is 12.7. The molecular weight excluding hydrogens is 370 g/mol. The number of fused-ring (bicyclic) bond motifs is 1. The minimum Gasteiger partial charge on any atom is -0.492 e. The zero-order valence-electron chi connectivity index (χ0n) is 16.0. The number of nitrogens with one attached hydrogen (secondary N) is 2. The van der Waals surface area contributed by atoms with E-state index in [0.717, 1.165) is 17.1 Å². The number of pyridine rings is 1. The fourth-order valence-corrected chi connectivity index (χ4v) is 2.96. The van der Waals surface area contributed by atoms with E-state index in [4.69, 9.17) is 14.2 Å². The van der Waals surface area contributed by atoms with Gasteiger partial charge in [-0.3, -0.25) is 9.78 Å². The number of carbonyl (C=O) groups excluding carboxylic acids is 1. The monoisotopic (exact) mass is 391 g/mol. The van der Waals surface area contributed by atoms with E-state index < -0.39 is 0 Å². The van der Waals surface area contributed by atoms with Gasteiger partial charge in [-0.1, -0.05) is 12.1 Å². The van der Waals surface area contributed by atoms with Crippen molar-refractivity contribution in [3.05, 3.63) is 66.5 Å². The molecule has 4 rings (SSSR count). The van der Waals surface area contributed by atoms with Crippen LogP contribution in [0.1, 0.15) is 17.4 Å². The molecule has 1 aliphatic rings. The fourth-order valence-electron chi connectivity index (χ4n) is 2.96. The van der Waals surface area contributed by atoms with Crippen molar-refractivity contribution in [2.45, 2.75) is 6.92 Å². The molecule has 0 fully saturated rings. The summed E-state index contributed by atoms with van der Waals surface area (Å²) in [5, 5.41) is 6.12. The molecule has 1 aromatic heterocycles. The van der Waals surface area contributed by atoms with Gasteiger partial charge in [-0.05, 0) is 43.3 Å². The van der Waals surface area contributed by atoms with Gasteiger partial charge in [-0.15, -0.1) is 0 Å². The molecule has 148 valence electrons. The number of hydrogen-bond acceptors (Lipinski definition) is 6. The average molecular weight is 391 g/mol. The second-order valence-corrected chi connectivity index (χ2v) is 6.30. The van der Waals surface area contributed by atoms with Crippen LogP contribution in [0.25, 0.3) is 0 Å². The van der Waals surface area contributed by atoms with Gasteiger partial charge >= 0.3 is 0 Å². The van der Waals surface area contributed by atoms with E-state index in [9.17, 15) is 4.79 Å². The number of rotatable bonds is 6. The summed E-state index contributed by atoms with van der Waals surface area (Å²) in [5.74, 6) is 1.72. The Morgan fingerprint density at radius 3 is 2.69 bits per heavy atom. The maximum Gasteiger partial charge on any atom is 0.274 e. The van der Waals surface area contributed by atoms with E-state index in [0.29, 0.717) is 42.7 Å². The number of para-hydroxylation sites is 2. The van der Waals surface area contributed by atoms with Crippen molar-refractivity contribution >= 4 is 23.0 Å².